The highest BCUT2D eigenvalue weighted by Gasteiger charge is 2.46. The van der Waals surface area contributed by atoms with Gasteiger partial charge in [0.2, 0.25) is 0 Å². The SMILES string of the molecule is CN(C)N([C@@H]1CS(=O)(=O)C[C@H]1O)S(=O)(=O)c1ccc(C2CCCCC2)cc1. The van der Waals surface area contributed by atoms with Crippen LogP contribution in [0.15, 0.2) is 29.2 Å². The zero-order valence-corrected chi connectivity index (χ0v) is 17.4. The Hall–Kier alpha value is -1.00. The third-order valence-electron chi connectivity index (χ3n) is 5.47. The van der Waals surface area contributed by atoms with Gasteiger partial charge in [-0.2, -0.15) is 0 Å². The van der Waals surface area contributed by atoms with Gasteiger partial charge in [-0.05, 0) is 36.5 Å². The Bertz CT molecular complexity index is 860. The van der Waals surface area contributed by atoms with E-state index in [1.165, 1.54) is 38.4 Å². The molecule has 2 atom stereocenters. The van der Waals surface area contributed by atoms with Gasteiger partial charge in [-0.1, -0.05) is 31.4 Å². The highest BCUT2D eigenvalue weighted by Crippen LogP contribution is 2.33. The molecule has 1 aliphatic heterocycles. The summed E-state index contributed by atoms with van der Waals surface area (Å²) in [6.45, 7) is 0. The third-order valence-corrected chi connectivity index (χ3v) is 9.13. The molecule has 1 N–H and O–H groups in total. The van der Waals surface area contributed by atoms with E-state index < -0.39 is 37.8 Å². The molecule has 1 saturated heterocycles. The standard InChI is InChI=1S/C18H28N2O5S2/c1-19(2)20(17-12-26(22,23)13-18(17)21)27(24,25)16-10-8-15(9-11-16)14-6-4-3-5-7-14/h8-11,14,17-18,21H,3-7,12-13H2,1-2H3/t17-,18-/m1/s1. The molecule has 0 spiro atoms. The Morgan fingerprint density at radius 2 is 1.59 bits per heavy atom. The van der Waals surface area contributed by atoms with E-state index in [9.17, 15) is 21.9 Å². The summed E-state index contributed by atoms with van der Waals surface area (Å²) in [7, 11) is -4.38. The molecule has 0 radical (unpaired) electrons. The second-order valence-electron chi connectivity index (χ2n) is 7.74. The molecule has 7 nitrogen and oxygen atoms in total. The van der Waals surface area contributed by atoms with Crippen LogP contribution in [0.3, 0.4) is 0 Å². The number of hydrazine groups is 1. The van der Waals surface area contributed by atoms with Crippen molar-refractivity contribution in [1.82, 2.24) is 9.42 Å². The Labute approximate surface area is 161 Å². The molecule has 0 bridgehead atoms. The monoisotopic (exact) mass is 416 g/mol. The van der Waals surface area contributed by atoms with Crippen LogP contribution in [0.25, 0.3) is 0 Å². The second-order valence-corrected chi connectivity index (χ2v) is 11.7. The predicted octanol–water partition coefficient (Wildman–Crippen LogP) is 1.36. The van der Waals surface area contributed by atoms with Crippen molar-refractivity contribution >= 4 is 19.9 Å². The van der Waals surface area contributed by atoms with Gasteiger partial charge >= 0.3 is 0 Å². The van der Waals surface area contributed by atoms with Crippen molar-refractivity contribution < 1.29 is 21.9 Å². The van der Waals surface area contributed by atoms with Crippen molar-refractivity contribution in [2.75, 3.05) is 25.6 Å². The smallest absolute Gasteiger partial charge is 0.256 e. The van der Waals surface area contributed by atoms with Gasteiger partial charge in [0.05, 0.1) is 28.5 Å². The maximum Gasteiger partial charge on any atom is 0.256 e. The molecule has 152 valence electrons. The third kappa shape index (κ3) is 4.37. The molecule has 2 aliphatic rings. The lowest BCUT2D eigenvalue weighted by Crippen LogP contribution is -2.53. The first-order valence-corrected chi connectivity index (χ1v) is 12.6. The number of hydrogen-bond acceptors (Lipinski definition) is 6. The zero-order valence-electron chi connectivity index (χ0n) is 15.8. The van der Waals surface area contributed by atoms with Crippen LogP contribution >= 0.6 is 0 Å². The summed E-state index contributed by atoms with van der Waals surface area (Å²) in [6.07, 6.45) is 4.67. The Balaban J connectivity index is 1.88. The van der Waals surface area contributed by atoms with E-state index in [2.05, 4.69) is 0 Å². The number of benzene rings is 1. The lowest BCUT2D eigenvalue weighted by Gasteiger charge is -2.34. The lowest BCUT2D eigenvalue weighted by atomic mass is 9.84. The summed E-state index contributed by atoms with van der Waals surface area (Å²) >= 11 is 0. The average Bonchev–Trinajstić information content (AvgIpc) is 2.87. The Morgan fingerprint density at radius 3 is 2.07 bits per heavy atom. The molecule has 1 aromatic rings. The fraction of sp³-hybridized carbons (Fsp3) is 0.667. The van der Waals surface area contributed by atoms with E-state index in [0.717, 1.165) is 22.8 Å². The summed E-state index contributed by atoms with van der Waals surface area (Å²) < 4.78 is 51.1. The first kappa shape index (κ1) is 20.7. The van der Waals surface area contributed by atoms with Gasteiger partial charge in [-0.15, -0.1) is 4.41 Å². The van der Waals surface area contributed by atoms with Crippen molar-refractivity contribution in [2.45, 2.75) is 55.1 Å². The molecule has 1 saturated carbocycles. The molecule has 27 heavy (non-hydrogen) atoms. The van der Waals surface area contributed by atoms with Crippen molar-refractivity contribution in [3.63, 3.8) is 0 Å². The average molecular weight is 417 g/mol. The van der Waals surface area contributed by atoms with Crippen molar-refractivity contribution in [1.29, 1.82) is 0 Å². The molecular formula is C18H28N2O5S2. The van der Waals surface area contributed by atoms with Gasteiger partial charge in [0.25, 0.3) is 10.0 Å². The number of hydrogen-bond donors (Lipinski definition) is 1. The van der Waals surface area contributed by atoms with E-state index in [1.54, 1.807) is 12.1 Å². The first-order valence-electron chi connectivity index (χ1n) is 9.32. The fourth-order valence-electron chi connectivity index (χ4n) is 4.17. The maximum atomic E-state index is 13.2. The molecule has 2 fully saturated rings. The van der Waals surface area contributed by atoms with Gasteiger partial charge in [0.15, 0.2) is 9.84 Å². The molecule has 0 aromatic heterocycles. The van der Waals surface area contributed by atoms with E-state index in [-0.39, 0.29) is 10.6 Å². The maximum absolute atomic E-state index is 13.2. The number of aliphatic hydroxyl groups is 1. The van der Waals surface area contributed by atoms with E-state index >= 15 is 0 Å². The van der Waals surface area contributed by atoms with E-state index in [1.807, 2.05) is 12.1 Å². The molecule has 1 aromatic carbocycles. The summed E-state index contributed by atoms with van der Waals surface area (Å²) in [5.74, 6) is -0.327. The van der Waals surface area contributed by atoms with Crippen LogP contribution in [0.4, 0.5) is 0 Å². The Kier molecular flexibility index (Phi) is 5.98. The predicted molar refractivity (Wildman–Crippen MR) is 103 cm³/mol. The van der Waals surface area contributed by atoms with Crippen LogP contribution in [0.1, 0.15) is 43.6 Å². The zero-order chi connectivity index (χ0) is 19.8. The van der Waals surface area contributed by atoms with Gasteiger partial charge < -0.3 is 5.11 Å². The van der Waals surface area contributed by atoms with Crippen LogP contribution in [0.5, 0.6) is 0 Å². The summed E-state index contributed by atoms with van der Waals surface area (Å²) in [6, 6.07) is 5.88. The van der Waals surface area contributed by atoms with E-state index in [4.69, 9.17) is 0 Å². The highest BCUT2D eigenvalue weighted by atomic mass is 32.2. The molecule has 9 heteroatoms. The van der Waals surface area contributed by atoms with Crippen LogP contribution in [0, 0.1) is 0 Å². The highest BCUT2D eigenvalue weighted by molar-refractivity contribution is 7.92. The van der Waals surface area contributed by atoms with Gasteiger partial charge in [0, 0.05) is 14.1 Å². The van der Waals surface area contributed by atoms with Crippen LogP contribution in [-0.4, -0.2) is 69.1 Å². The van der Waals surface area contributed by atoms with Crippen LogP contribution in [-0.2, 0) is 19.9 Å². The van der Waals surface area contributed by atoms with Crippen molar-refractivity contribution in [2.24, 2.45) is 0 Å². The fourth-order valence-corrected chi connectivity index (χ4v) is 7.72. The normalized spacial score (nSPS) is 26.7. The summed E-state index contributed by atoms with van der Waals surface area (Å²) in [5, 5.41) is 11.5. The first-order chi connectivity index (χ1) is 12.6. The topological polar surface area (TPSA) is 95.0 Å². The minimum absolute atomic E-state index is 0.104. The van der Waals surface area contributed by atoms with Crippen molar-refractivity contribution in [3.8, 4) is 0 Å². The molecule has 0 amide bonds. The van der Waals surface area contributed by atoms with E-state index in [0.29, 0.717) is 5.92 Å². The number of aliphatic hydroxyl groups excluding tert-OH is 1. The Morgan fingerprint density at radius 1 is 1.00 bits per heavy atom. The van der Waals surface area contributed by atoms with Crippen molar-refractivity contribution in [3.05, 3.63) is 29.8 Å². The number of nitrogens with zero attached hydrogens (tertiary/aromatic N) is 2. The molecular weight excluding hydrogens is 388 g/mol. The number of sulfone groups is 1. The second kappa shape index (κ2) is 7.79. The van der Waals surface area contributed by atoms with Gasteiger partial charge in [-0.3, -0.25) is 0 Å². The summed E-state index contributed by atoms with van der Waals surface area (Å²) in [4.78, 5) is 0.104. The van der Waals surface area contributed by atoms with Gasteiger partial charge in [0.1, 0.15) is 0 Å². The molecule has 1 aliphatic carbocycles. The lowest BCUT2D eigenvalue weighted by molar-refractivity contribution is 0.0272. The molecule has 3 rings (SSSR count). The van der Waals surface area contributed by atoms with Crippen LogP contribution in [0.2, 0.25) is 0 Å². The number of sulfonamides is 1. The van der Waals surface area contributed by atoms with Crippen LogP contribution < -0.4 is 0 Å². The van der Waals surface area contributed by atoms with Gasteiger partial charge in [-0.25, -0.2) is 21.8 Å². The quantitative estimate of drug-likeness (QED) is 0.729. The minimum Gasteiger partial charge on any atom is -0.390 e. The summed E-state index contributed by atoms with van der Waals surface area (Å²) in [5.41, 5.74) is 1.15. The largest absolute Gasteiger partial charge is 0.390 e. The minimum atomic E-state index is -3.98. The molecule has 0 unspecified atom stereocenters. The molecule has 1 heterocycles. The number of rotatable bonds is 5.